The topological polar surface area (TPSA) is 72.2 Å². The lowest BCUT2D eigenvalue weighted by Crippen LogP contribution is -2.25. The Hall–Kier alpha value is -4.33. The van der Waals surface area contributed by atoms with E-state index in [0.29, 0.717) is 17.7 Å². The van der Waals surface area contributed by atoms with Crippen LogP contribution in [-0.4, -0.2) is 24.2 Å². The van der Waals surface area contributed by atoms with E-state index in [0.717, 1.165) is 19.4 Å². The van der Waals surface area contributed by atoms with E-state index < -0.39 is 5.24 Å². The van der Waals surface area contributed by atoms with Crippen LogP contribution >= 0.6 is 34.3 Å². The average molecular weight is 780 g/mol. The largest absolute Gasteiger partial charge is 0.352 e. The summed E-state index contributed by atoms with van der Waals surface area (Å²) in [5.41, 5.74) is 12.0. The third kappa shape index (κ3) is 13.8. The Morgan fingerprint density at radius 1 is 0.574 bits per heavy atom. The maximum Gasteiger partial charge on any atom is 0.252 e. The number of amides is 1. The van der Waals surface area contributed by atoms with Crippen molar-refractivity contribution >= 4 is 45.4 Å². The van der Waals surface area contributed by atoms with E-state index in [-0.39, 0.29) is 24.2 Å². The van der Waals surface area contributed by atoms with Gasteiger partial charge in [0.25, 0.3) is 11.1 Å². The molecule has 6 rings (SSSR count). The van der Waals surface area contributed by atoms with Gasteiger partial charge in [0, 0.05) is 37.2 Å². The minimum Gasteiger partial charge on any atom is -0.352 e. The zero-order valence-corrected chi connectivity index (χ0v) is 34.0. The monoisotopic (exact) mass is 778 g/mol. The lowest BCUT2D eigenvalue weighted by Gasteiger charge is -2.19. The van der Waals surface area contributed by atoms with E-state index in [4.69, 9.17) is 17.3 Å². The summed E-state index contributed by atoms with van der Waals surface area (Å²) in [6, 6.07) is 44.8. The summed E-state index contributed by atoms with van der Waals surface area (Å²) in [5, 5.41) is 2.62. The molecule has 0 aliphatic rings. The van der Waals surface area contributed by atoms with E-state index in [1.807, 2.05) is 59.9 Å². The van der Waals surface area contributed by atoms with Gasteiger partial charge in [-0.3, -0.25) is 9.59 Å². The molecule has 0 saturated carbocycles. The molecule has 4 aromatic carbocycles. The lowest BCUT2D eigenvalue weighted by atomic mass is 9.87. The molecule has 4 nitrogen and oxygen atoms in total. The summed E-state index contributed by atoms with van der Waals surface area (Å²) in [6.45, 7) is 14.3. The van der Waals surface area contributed by atoms with Crippen LogP contribution in [0.25, 0.3) is 20.9 Å². The van der Waals surface area contributed by atoms with Crippen molar-refractivity contribution in [1.29, 1.82) is 0 Å². The van der Waals surface area contributed by atoms with Crippen LogP contribution < -0.4 is 11.1 Å². The zero-order valence-electron chi connectivity index (χ0n) is 31.6. The molecular formula is C47H55ClN2O2S2. The molecule has 2 aromatic heterocycles. The highest BCUT2D eigenvalue weighted by molar-refractivity contribution is 7.15. The summed E-state index contributed by atoms with van der Waals surface area (Å²) in [5.74, 6) is -0.00898. The first-order valence-electron chi connectivity index (χ1n) is 17.9. The van der Waals surface area contributed by atoms with Crippen molar-refractivity contribution in [2.45, 2.75) is 72.6 Å². The van der Waals surface area contributed by atoms with Crippen molar-refractivity contribution in [3.05, 3.63) is 165 Å². The Morgan fingerprint density at radius 3 is 1.37 bits per heavy atom. The number of nitrogens with two attached hydrogens (primary N) is 1. The van der Waals surface area contributed by atoms with Crippen molar-refractivity contribution in [3.8, 4) is 20.9 Å². The molecule has 0 spiro atoms. The van der Waals surface area contributed by atoms with E-state index >= 15 is 0 Å². The van der Waals surface area contributed by atoms with Crippen LogP contribution in [0.3, 0.4) is 0 Å². The molecule has 3 N–H and O–H groups in total. The molecule has 0 radical (unpaired) electrons. The molecule has 0 unspecified atom stereocenters. The van der Waals surface area contributed by atoms with Gasteiger partial charge in [-0.2, -0.15) is 0 Å². The first-order chi connectivity index (χ1) is 25.2. The van der Waals surface area contributed by atoms with Gasteiger partial charge in [0.05, 0.1) is 0 Å². The maximum absolute atomic E-state index is 12.3. The summed E-state index contributed by atoms with van der Waals surface area (Å²) < 4.78 is 0. The predicted octanol–water partition coefficient (Wildman–Crippen LogP) is 12.6. The van der Waals surface area contributed by atoms with Gasteiger partial charge in [-0.25, -0.2) is 0 Å². The average Bonchev–Trinajstić information content (AvgIpc) is 3.83. The molecule has 0 saturated heterocycles. The number of halogens is 1. The third-order valence-electron chi connectivity index (χ3n) is 8.48. The van der Waals surface area contributed by atoms with Crippen LogP contribution in [0.15, 0.2) is 133 Å². The number of thiophene rings is 2. The van der Waals surface area contributed by atoms with Gasteiger partial charge in [0.2, 0.25) is 0 Å². The fourth-order valence-electron chi connectivity index (χ4n) is 5.31. The van der Waals surface area contributed by atoms with E-state index in [1.54, 1.807) is 23.5 Å². The molecule has 0 aliphatic carbocycles. The first kappa shape index (κ1) is 44.1. The van der Waals surface area contributed by atoms with E-state index in [1.165, 1.54) is 41.8 Å². The molecule has 1 amide bonds. The molecule has 2 heterocycles. The Kier molecular flexibility index (Phi) is 17.1. The van der Waals surface area contributed by atoms with Crippen molar-refractivity contribution in [2.75, 3.05) is 13.1 Å². The second-order valence-electron chi connectivity index (χ2n) is 14.7. The third-order valence-corrected chi connectivity index (χ3v) is 11.1. The van der Waals surface area contributed by atoms with Crippen LogP contribution in [-0.2, 0) is 23.7 Å². The summed E-state index contributed by atoms with van der Waals surface area (Å²) in [7, 11) is 0. The second-order valence-corrected chi connectivity index (χ2v) is 17.4. The highest BCUT2D eigenvalue weighted by atomic mass is 35.5. The van der Waals surface area contributed by atoms with Gasteiger partial charge in [0.15, 0.2) is 0 Å². The van der Waals surface area contributed by atoms with Gasteiger partial charge < -0.3 is 11.1 Å². The molecule has 0 aliphatic heterocycles. The highest BCUT2D eigenvalue weighted by Gasteiger charge is 2.15. The van der Waals surface area contributed by atoms with Gasteiger partial charge in [-0.15, -0.1) is 22.7 Å². The number of hydrogen-bond acceptors (Lipinski definition) is 5. The molecule has 284 valence electrons. The second kappa shape index (κ2) is 20.9. The smallest absolute Gasteiger partial charge is 0.252 e. The van der Waals surface area contributed by atoms with Gasteiger partial charge in [0.1, 0.15) is 0 Å². The molecule has 0 atom stereocenters. The van der Waals surface area contributed by atoms with Crippen LogP contribution in [0.4, 0.5) is 0 Å². The number of hydrogen-bond donors (Lipinski definition) is 2. The Labute approximate surface area is 336 Å². The van der Waals surface area contributed by atoms with Crippen LogP contribution in [0, 0.1) is 0 Å². The van der Waals surface area contributed by atoms with E-state index in [2.05, 4.69) is 120 Å². The Balaban J connectivity index is 0.000000237. The Bertz CT molecular complexity index is 2000. The minimum atomic E-state index is -0.402. The number of carbonyl (C=O) groups is 2. The molecule has 54 heavy (non-hydrogen) atoms. The highest BCUT2D eigenvalue weighted by Crippen LogP contribution is 2.29. The zero-order chi connectivity index (χ0) is 38.4. The van der Waals surface area contributed by atoms with Crippen molar-refractivity contribution in [1.82, 2.24) is 5.32 Å². The van der Waals surface area contributed by atoms with Crippen LogP contribution in [0.5, 0.6) is 0 Å². The molecule has 0 bridgehead atoms. The molecule has 0 fully saturated rings. The van der Waals surface area contributed by atoms with Gasteiger partial charge in [-0.05, 0) is 113 Å². The number of rotatable bonds is 9. The quantitative estimate of drug-likeness (QED) is 0.144. The lowest BCUT2D eigenvalue weighted by molar-refractivity contribution is 0.0953. The van der Waals surface area contributed by atoms with Crippen molar-refractivity contribution < 1.29 is 9.59 Å². The van der Waals surface area contributed by atoms with Crippen molar-refractivity contribution in [3.63, 3.8) is 0 Å². The molecule has 6 aromatic rings. The normalized spacial score (nSPS) is 10.9. The SMILES string of the molecule is C.CC(C)(C)c1ccc(C(=O)Cl)cc1.CC(C)(C)c1ccc(C(=O)NCCc2ccc(-c3ccccc3)s2)cc1.NCCc1ccc(-c2ccccc2)s1. The number of carbonyl (C=O) groups excluding carboxylic acids is 2. The standard InChI is InChI=1S/C23H25NOS.C12H13NS.C11H13ClO.CH4/c1-23(2,3)19-11-9-18(10-12-19)22(25)24-16-15-20-13-14-21(26-20)17-7-5-4-6-8-17;13-9-8-11-6-7-12(14-11)10-4-2-1-3-5-10;1-11(2,3)9-6-4-8(5-7-9)10(12)13;/h4-14H,15-16H2,1-3H3,(H,24,25);1-7H,8-9,13H2;4-7H,1-3H3;1H4. The van der Waals surface area contributed by atoms with Gasteiger partial charge >= 0.3 is 0 Å². The van der Waals surface area contributed by atoms with Crippen LogP contribution in [0.2, 0.25) is 0 Å². The number of nitrogens with one attached hydrogen (secondary N) is 1. The summed E-state index contributed by atoms with van der Waals surface area (Å²) in [6.07, 6.45) is 1.83. The fourth-order valence-corrected chi connectivity index (χ4v) is 7.47. The summed E-state index contributed by atoms with van der Waals surface area (Å²) in [4.78, 5) is 28.3. The van der Waals surface area contributed by atoms with Crippen LogP contribution in [0.1, 0.15) is 90.6 Å². The minimum absolute atomic E-state index is 0. The first-order valence-corrected chi connectivity index (χ1v) is 19.9. The Morgan fingerprint density at radius 2 is 0.981 bits per heavy atom. The van der Waals surface area contributed by atoms with Crippen molar-refractivity contribution in [2.24, 2.45) is 5.73 Å². The molecular weight excluding hydrogens is 724 g/mol. The maximum atomic E-state index is 12.3. The summed E-state index contributed by atoms with van der Waals surface area (Å²) >= 11 is 8.95. The fraction of sp³-hybridized carbons (Fsp3) is 0.277. The van der Waals surface area contributed by atoms with E-state index in [9.17, 15) is 9.59 Å². The predicted molar refractivity (Wildman–Crippen MR) is 236 cm³/mol. The van der Waals surface area contributed by atoms with Gasteiger partial charge in [-0.1, -0.05) is 134 Å². The molecule has 7 heteroatoms. The number of benzene rings is 4.